The van der Waals surface area contributed by atoms with E-state index >= 15 is 0 Å². The van der Waals surface area contributed by atoms with Crippen LogP contribution in [0, 0.1) is 0 Å². The van der Waals surface area contributed by atoms with Gasteiger partial charge in [0.25, 0.3) is 0 Å². The molecule has 5 heteroatoms. The van der Waals surface area contributed by atoms with Crippen molar-refractivity contribution in [1.29, 1.82) is 0 Å². The normalized spacial score (nSPS) is 10.9. The van der Waals surface area contributed by atoms with Gasteiger partial charge in [-0.2, -0.15) is 11.8 Å². The predicted octanol–water partition coefficient (Wildman–Crippen LogP) is 1.77. The van der Waals surface area contributed by atoms with Crippen molar-refractivity contribution in [2.75, 3.05) is 25.6 Å². The first-order chi connectivity index (χ1) is 7.13. The summed E-state index contributed by atoms with van der Waals surface area (Å²) in [4.78, 5) is 12.7. The van der Waals surface area contributed by atoms with Crippen LogP contribution in [-0.4, -0.2) is 41.6 Å². The van der Waals surface area contributed by atoms with E-state index in [9.17, 15) is 4.79 Å². The summed E-state index contributed by atoms with van der Waals surface area (Å²) >= 11 is 1.78. The Kier molecular flexibility index (Phi) is 4.71. The molecule has 1 heterocycles. The fourth-order valence-electron chi connectivity index (χ4n) is 1.17. The lowest BCUT2D eigenvalue weighted by Crippen LogP contribution is -2.20. The van der Waals surface area contributed by atoms with E-state index in [1.807, 2.05) is 7.05 Å². The smallest absolute Gasteiger partial charge is 0.338 e. The number of thioether (sulfide) groups is 1. The Morgan fingerprint density at radius 1 is 1.67 bits per heavy atom. The van der Waals surface area contributed by atoms with E-state index < -0.39 is 5.97 Å². The van der Waals surface area contributed by atoms with Crippen LogP contribution in [0.4, 0.5) is 0 Å². The molecule has 1 aromatic heterocycles. The lowest BCUT2D eigenvalue weighted by Gasteiger charge is -2.13. The zero-order valence-corrected chi connectivity index (χ0v) is 9.71. The van der Waals surface area contributed by atoms with Gasteiger partial charge in [0, 0.05) is 12.3 Å². The molecule has 1 rings (SSSR count). The Bertz CT molecular complexity index is 324. The maximum absolute atomic E-state index is 10.6. The standard InChI is InChI=1S/C10H15NO3S/c1-11(3-4-15-2)6-9-5-8(7-14-9)10(12)13/h5,7H,3-4,6H2,1-2H3,(H,12,13). The molecular formula is C10H15NO3S. The average molecular weight is 229 g/mol. The molecule has 0 radical (unpaired) electrons. The van der Waals surface area contributed by atoms with Crippen molar-refractivity contribution in [2.24, 2.45) is 0 Å². The van der Waals surface area contributed by atoms with Gasteiger partial charge in [-0.1, -0.05) is 0 Å². The van der Waals surface area contributed by atoms with E-state index in [0.717, 1.165) is 12.3 Å². The van der Waals surface area contributed by atoms with Crippen molar-refractivity contribution in [3.05, 3.63) is 23.7 Å². The van der Waals surface area contributed by atoms with E-state index in [1.165, 1.54) is 6.26 Å². The van der Waals surface area contributed by atoms with Gasteiger partial charge in [0.15, 0.2) is 0 Å². The van der Waals surface area contributed by atoms with Crippen LogP contribution in [0.1, 0.15) is 16.1 Å². The number of carbonyl (C=O) groups is 1. The number of nitrogens with zero attached hydrogens (tertiary/aromatic N) is 1. The van der Waals surface area contributed by atoms with Gasteiger partial charge in [-0.3, -0.25) is 4.90 Å². The maximum atomic E-state index is 10.6. The Labute approximate surface area is 93.3 Å². The molecule has 0 saturated heterocycles. The van der Waals surface area contributed by atoms with Crippen LogP contribution in [0.3, 0.4) is 0 Å². The molecule has 15 heavy (non-hydrogen) atoms. The third kappa shape index (κ3) is 3.97. The molecule has 0 aliphatic carbocycles. The van der Waals surface area contributed by atoms with Gasteiger partial charge < -0.3 is 9.52 Å². The number of carboxylic acid groups (broad SMARTS) is 1. The minimum absolute atomic E-state index is 0.211. The first-order valence-electron chi connectivity index (χ1n) is 4.61. The third-order valence-electron chi connectivity index (χ3n) is 2.00. The second kappa shape index (κ2) is 5.82. The summed E-state index contributed by atoms with van der Waals surface area (Å²) in [5.74, 6) is 0.802. The number of rotatable bonds is 6. The molecule has 0 aliphatic rings. The highest BCUT2D eigenvalue weighted by Crippen LogP contribution is 2.10. The van der Waals surface area contributed by atoms with Gasteiger partial charge in [-0.25, -0.2) is 4.79 Å². The van der Waals surface area contributed by atoms with Gasteiger partial charge in [-0.05, 0) is 19.4 Å². The van der Waals surface area contributed by atoms with Crippen molar-refractivity contribution in [2.45, 2.75) is 6.54 Å². The zero-order valence-electron chi connectivity index (χ0n) is 8.90. The lowest BCUT2D eigenvalue weighted by molar-refractivity contribution is 0.0696. The first-order valence-corrected chi connectivity index (χ1v) is 6.01. The van der Waals surface area contributed by atoms with E-state index in [0.29, 0.717) is 12.3 Å². The second-order valence-corrected chi connectivity index (χ2v) is 4.32. The Morgan fingerprint density at radius 3 is 2.93 bits per heavy atom. The van der Waals surface area contributed by atoms with Crippen molar-refractivity contribution in [1.82, 2.24) is 4.90 Å². The molecule has 0 atom stereocenters. The number of furan rings is 1. The minimum atomic E-state index is -0.947. The Balaban J connectivity index is 2.46. The molecule has 0 spiro atoms. The van der Waals surface area contributed by atoms with Gasteiger partial charge in [0.2, 0.25) is 0 Å². The van der Waals surface area contributed by atoms with E-state index in [-0.39, 0.29) is 5.56 Å². The third-order valence-corrected chi connectivity index (χ3v) is 2.59. The quantitative estimate of drug-likeness (QED) is 0.805. The minimum Gasteiger partial charge on any atom is -0.478 e. The molecule has 1 N–H and O–H groups in total. The van der Waals surface area contributed by atoms with Crippen LogP contribution < -0.4 is 0 Å². The van der Waals surface area contributed by atoms with Gasteiger partial charge in [0.1, 0.15) is 12.0 Å². The highest BCUT2D eigenvalue weighted by Gasteiger charge is 2.09. The fraction of sp³-hybridized carbons (Fsp3) is 0.500. The van der Waals surface area contributed by atoms with Crippen molar-refractivity contribution in [3.63, 3.8) is 0 Å². The van der Waals surface area contributed by atoms with Crippen molar-refractivity contribution in [3.8, 4) is 0 Å². The molecule has 0 amide bonds. The van der Waals surface area contributed by atoms with Gasteiger partial charge in [0.05, 0.1) is 12.1 Å². The average Bonchev–Trinajstić information content (AvgIpc) is 2.63. The number of carboxylic acids is 1. The molecular weight excluding hydrogens is 214 g/mol. The van der Waals surface area contributed by atoms with Crippen LogP contribution in [0.2, 0.25) is 0 Å². The first kappa shape index (κ1) is 12.1. The predicted molar refractivity (Wildman–Crippen MR) is 60.4 cm³/mol. The van der Waals surface area contributed by atoms with Crippen molar-refractivity contribution < 1.29 is 14.3 Å². The summed E-state index contributed by atoms with van der Waals surface area (Å²) in [5.41, 5.74) is 0.211. The molecule has 0 aliphatic heterocycles. The van der Waals surface area contributed by atoms with Crippen LogP contribution in [0.15, 0.2) is 16.7 Å². The highest BCUT2D eigenvalue weighted by atomic mass is 32.2. The SMILES string of the molecule is CSCCN(C)Cc1cc(C(=O)O)co1. The topological polar surface area (TPSA) is 53.7 Å². The maximum Gasteiger partial charge on any atom is 0.338 e. The van der Waals surface area contributed by atoms with Gasteiger partial charge >= 0.3 is 5.97 Å². The Hall–Kier alpha value is -0.940. The number of aromatic carboxylic acids is 1. The summed E-state index contributed by atoms with van der Waals surface area (Å²) in [5, 5.41) is 8.70. The highest BCUT2D eigenvalue weighted by molar-refractivity contribution is 7.98. The molecule has 1 aromatic rings. The van der Waals surface area contributed by atoms with E-state index in [4.69, 9.17) is 9.52 Å². The van der Waals surface area contributed by atoms with Crippen LogP contribution in [0.5, 0.6) is 0 Å². The summed E-state index contributed by atoms with van der Waals surface area (Å²) < 4.78 is 5.15. The monoisotopic (exact) mass is 229 g/mol. The summed E-state index contributed by atoms with van der Waals surface area (Å²) in [6.07, 6.45) is 3.34. The molecule has 0 aromatic carbocycles. The number of hydrogen-bond acceptors (Lipinski definition) is 4. The lowest BCUT2D eigenvalue weighted by atomic mass is 10.3. The van der Waals surface area contributed by atoms with E-state index in [1.54, 1.807) is 17.8 Å². The van der Waals surface area contributed by atoms with E-state index in [2.05, 4.69) is 11.2 Å². The summed E-state index contributed by atoms with van der Waals surface area (Å²) in [6.45, 7) is 1.61. The molecule has 0 fully saturated rings. The van der Waals surface area contributed by atoms with Gasteiger partial charge in [-0.15, -0.1) is 0 Å². The number of hydrogen-bond donors (Lipinski definition) is 1. The van der Waals surface area contributed by atoms with Crippen LogP contribution in [0.25, 0.3) is 0 Å². The molecule has 0 saturated carbocycles. The summed E-state index contributed by atoms with van der Waals surface area (Å²) in [6, 6.07) is 1.57. The van der Waals surface area contributed by atoms with Crippen molar-refractivity contribution >= 4 is 17.7 Å². The molecule has 4 nitrogen and oxygen atoms in total. The Morgan fingerprint density at radius 2 is 2.40 bits per heavy atom. The molecule has 0 unspecified atom stereocenters. The molecule has 84 valence electrons. The van der Waals surface area contributed by atoms with Crippen LogP contribution >= 0.6 is 11.8 Å². The molecule has 0 bridgehead atoms. The zero-order chi connectivity index (χ0) is 11.3. The largest absolute Gasteiger partial charge is 0.478 e. The summed E-state index contributed by atoms with van der Waals surface area (Å²) in [7, 11) is 1.99. The second-order valence-electron chi connectivity index (χ2n) is 3.34. The van der Waals surface area contributed by atoms with Crippen LogP contribution in [-0.2, 0) is 6.54 Å². The fourth-order valence-corrected chi connectivity index (χ4v) is 1.66.